The molecule has 3 rings (SSSR count). The summed E-state index contributed by atoms with van der Waals surface area (Å²) in [5.41, 5.74) is 3.43. The van der Waals surface area contributed by atoms with E-state index in [4.69, 9.17) is 5.26 Å². The van der Waals surface area contributed by atoms with Crippen molar-refractivity contribution in [3.63, 3.8) is 0 Å². The van der Waals surface area contributed by atoms with E-state index >= 15 is 0 Å². The summed E-state index contributed by atoms with van der Waals surface area (Å²) in [6.07, 6.45) is 2.13. The van der Waals surface area contributed by atoms with E-state index in [-0.39, 0.29) is 11.7 Å². The predicted octanol–water partition coefficient (Wildman–Crippen LogP) is 3.38. The van der Waals surface area contributed by atoms with Crippen LogP contribution in [0.4, 0.5) is 4.39 Å². The van der Waals surface area contributed by atoms with E-state index in [2.05, 4.69) is 16.5 Å². The second-order valence-corrected chi connectivity index (χ2v) is 5.74. The van der Waals surface area contributed by atoms with Crippen molar-refractivity contribution >= 4 is 5.91 Å². The molecule has 26 heavy (non-hydrogen) atoms. The molecule has 0 atom stereocenters. The van der Waals surface area contributed by atoms with Crippen molar-refractivity contribution in [3.05, 3.63) is 82.9 Å². The molecule has 130 valence electrons. The van der Waals surface area contributed by atoms with Crippen LogP contribution in [0, 0.1) is 17.1 Å². The highest BCUT2D eigenvalue weighted by atomic mass is 19.1. The van der Waals surface area contributed by atoms with Gasteiger partial charge in [0.25, 0.3) is 5.91 Å². The van der Waals surface area contributed by atoms with Crippen LogP contribution in [0.2, 0.25) is 0 Å². The molecule has 6 heteroatoms. The van der Waals surface area contributed by atoms with E-state index < -0.39 is 0 Å². The molecule has 5 nitrogen and oxygen atoms in total. The third-order valence-electron chi connectivity index (χ3n) is 4.06. The largest absolute Gasteiger partial charge is 0.348 e. The Kier molecular flexibility index (Phi) is 5.09. The van der Waals surface area contributed by atoms with Crippen molar-refractivity contribution in [3.8, 4) is 11.8 Å². The van der Waals surface area contributed by atoms with Gasteiger partial charge >= 0.3 is 0 Å². The lowest BCUT2D eigenvalue weighted by molar-refractivity contribution is 0.0950. The number of hydrogen-bond donors (Lipinski definition) is 1. The van der Waals surface area contributed by atoms with Crippen LogP contribution in [-0.4, -0.2) is 15.7 Å². The second kappa shape index (κ2) is 7.62. The molecule has 0 bridgehead atoms. The maximum atomic E-state index is 13.1. The first-order chi connectivity index (χ1) is 12.6. The monoisotopic (exact) mass is 348 g/mol. The number of nitrogens with one attached hydrogen (secondary N) is 1. The third kappa shape index (κ3) is 3.62. The Morgan fingerprint density at radius 2 is 1.88 bits per heavy atom. The van der Waals surface area contributed by atoms with Gasteiger partial charge in [-0.05, 0) is 48.4 Å². The number of amides is 1. The fraction of sp³-hybridized carbons (Fsp3) is 0.150. The molecule has 0 aliphatic heterocycles. The third-order valence-corrected chi connectivity index (χ3v) is 4.06. The highest BCUT2D eigenvalue weighted by Gasteiger charge is 2.17. The lowest BCUT2D eigenvalue weighted by Gasteiger charge is -2.09. The Labute approximate surface area is 150 Å². The fourth-order valence-corrected chi connectivity index (χ4v) is 2.68. The lowest BCUT2D eigenvalue weighted by Crippen LogP contribution is -2.23. The molecule has 1 N–H and O–H groups in total. The van der Waals surface area contributed by atoms with E-state index in [0.717, 1.165) is 11.3 Å². The van der Waals surface area contributed by atoms with Crippen molar-refractivity contribution in [2.75, 3.05) is 0 Å². The normalized spacial score (nSPS) is 10.3. The van der Waals surface area contributed by atoms with Crippen LogP contribution in [0.3, 0.4) is 0 Å². The molecule has 0 aliphatic rings. The summed E-state index contributed by atoms with van der Waals surface area (Å²) in [6, 6.07) is 15.1. The number of aromatic nitrogens is 2. The van der Waals surface area contributed by atoms with Gasteiger partial charge in [0, 0.05) is 6.54 Å². The van der Waals surface area contributed by atoms with Gasteiger partial charge in [-0.1, -0.05) is 19.1 Å². The lowest BCUT2D eigenvalue weighted by atomic mass is 10.1. The van der Waals surface area contributed by atoms with Crippen LogP contribution in [0.25, 0.3) is 5.69 Å². The molecule has 1 amide bonds. The van der Waals surface area contributed by atoms with Crippen molar-refractivity contribution in [1.82, 2.24) is 15.1 Å². The van der Waals surface area contributed by atoms with Gasteiger partial charge in [-0.3, -0.25) is 4.79 Å². The molecule has 1 aromatic heterocycles. The van der Waals surface area contributed by atoms with Gasteiger partial charge in [0.05, 0.1) is 34.8 Å². The van der Waals surface area contributed by atoms with Crippen LogP contribution in [0.15, 0.2) is 54.7 Å². The van der Waals surface area contributed by atoms with Crippen LogP contribution < -0.4 is 5.32 Å². The van der Waals surface area contributed by atoms with Gasteiger partial charge in [0.1, 0.15) is 5.82 Å². The van der Waals surface area contributed by atoms with Crippen molar-refractivity contribution < 1.29 is 9.18 Å². The molecule has 2 aromatic carbocycles. The van der Waals surface area contributed by atoms with Gasteiger partial charge in [0.2, 0.25) is 0 Å². The van der Waals surface area contributed by atoms with Crippen molar-refractivity contribution in [2.45, 2.75) is 19.9 Å². The Bertz CT molecular complexity index is 953. The van der Waals surface area contributed by atoms with Crippen LogP contribution in [0.1, 0.15) is 34.1 Å². The molecule has 1 heterocycles. The molecule has 0 saturated carbocycles. The number of carbonyl (C=O) groups is 1. The van der Waals surface area contributed by atoms with E-state index in [1.165, 1.54) is 18.3 Å². The van der Waals surface area contributed by atoms with E-state index in [0.29, 0.717) is 29.8 Å². The zero-order valence-electron chi connectivity index (χ0n) is 14.2. The first kappa shape index (κ1) is 17.4. The Balaban J connectivity index is 1.77. The summed E-state index contributed by atoms with van der Waals surface area (Å²) in [7, 11) is 0. The van der Waals surface area contributed by atoms with Gasteiger partial charge in [0.15, 0.2) is 0 Å². The highest BCUT2D eigenvalue weighted by Crippen LogP contribution is 2.16. The van der Waals surface area contributed by atoms with E-state index in [1.54, 1.807) is 28.9 Å². The first-order valence-electron chi connectivity index (χ1n) is 8.22. The topological polar surface area (TPSA) is 70.7 Å². The Hall–Kier alpha value is -3.46. The molecular formula is C20H17FN4O. The fourth-order valence-electron chi connectivity index (χ4n) is 2.68. The standard InChI is InChI=1S/C20H17FN4O/c1-2-19-18(13-24-25(19)17-9-7-16(21)8-10-17)20(26)23-12-15-5-3-14(11-22)4-6-15/h3-10,13H,2,12H2,1H3,(H,23,26). The van der Waals surface area contributed by atoms with Gasteiger partial charge in [-0.25, -0.2) is 9.07 Å². The molecule has 0 radical (unpaired) electrons. The summed E-state index contributed by atoms with van der Waals surface area (Å²) in [4.78, 5) is 12.5. The molecule has 0 saturated heterocycles. The number of rotatable bonds is 5. The summed E-state index contributed by atoms with van der Waals surface area (Å²) in [6.45, 7) is 2.30. The Morgan fingerprint density at radius 3 is 2.50 bits per heavy atom. The maximum absolute atomic E-state index is 13.1. The molecule has 0 unspecified atom stereocenters. The number of nitrogens with zero attached hydrogens (tertiary/aromatic N) is 3. The van der Waals surface area contributed by atoms with E-state index in [9.17, 15) is 9.18 Å². The van der Waals surface area contributed by atoms with Crippen molar-refractivity contribution in [2.24, 2.45) is 0 Å². The number of benzene rings is 2. The maximum Gasteiger partial charge on any atom is 0.255 e. The minimum Gasteiger partial charge on any atom is -0.348 e. The average Bonchev–Trinajstić information content (AvgIpc) is 3.11. The summed E-state index contributed by atoms with van der Waals surface area (Å²) in [5, 5.41) is 16.0. The minimum absolute atomic E-state index is 0.223. The molecule has 0 aliphatic carbocycles. The molecule has 0 fully saturated rings. The van der Waals surface area contributed by atoms with Gasteiger partial charge < -0.3 is 5.32 Å². The van der Waals surface area contributed by atoms with Crippen LogP contribution in [-0.2, 0) is 13.0 Å². The minimum atomic E-state index is -0.320. The average molecular weight is 348 g/mol. The first-order valence-corrected chi connectivity index (χ1v) is 8.22. The van der Waals surface area contributed by atoms with Crippen LogP contribution in [0.5, 0.6) is 0 Å². The SMILES string of the molecule is CCc1c(C(=O)NCc2ccc(C#N)cc2)cnn1-c1ccc(F)cc1. The second-order valence-electron chi connectivity index (χ2n) is 5.74. The molecule has 3 aromatic rings. The highest BCUT2D eigenvalue weighted by molar-refractivity contribution is 5.95. The van der Waals surface area contributed by atoms with E-state index in [1.807, 2.05) is 19.1 Å². The van der Waals surface area contributed by atoms with Crippen molar-refractivity contribution in [1.29, 1.82) is 5.26 Å². The smallest absolute Gasteiger partial charge is 0.255 e. The predicted molar refractivity (Wildman–Crippen MR) is 95.2 cm³/mol. The molecular weight excluding hydrogens is 331 g/mol. The summed E-state index contributed by atoms with van der Waals surface area (Å²) in [5.74, 6) is -0.543. The zero-order valence-corrected chi connectivity index (χ0v) is 14.2. The summed E-state index contributed by atoms with van der Waals surface area (Å²) >= 11 is 0. The van der Waals surface area contributed by atoms with Gasteiger partial charge in [-0.2, -0.15) is 10.4 Å². The Morgan fingerprint density at radius 1 is 1.19 bits per heavy atom. The number of carbonyl (C=O) groups excluding carboxylic acids is 1. The number of nitriles is 1. The number of hydrogen-bond acceptors (Lipinski definition) is 3. The summed E-state index contributed by atoms with van der Waals surface area (Å²) < 4.78 is 14.8. The van der Waals surface area contributed by atoms with Crippen LogP contribution >= 0.6 is 0 Å². The zero-order chi connectivity index (χ0) is 18.5. The molecule has 0 spiro atoms. The van der Waals surface area contributed by atoms with Gasteiger partial charge in [-0.15, -0.1) is 0 Å². The number of halogens is 1. The quantitative estimate of drug-likeness (QED) is 0.768.